The molecule has 5 nitrogen and oxygen atoms in total. The van der Waals surface area contributed by atoms with Gasteiger partial charge in [0.15, 0.2) is 0 Å². The Morgan fingerprint density at radius 1 is 0.356 bits per heavy atom. The summed E-state index contributed by atoms with van der Waals surface area (Å²) in [4.78, 5) is 12.6. The molecule has 5 heteroatoms. The van der Waals surface area contributed by atoms with Gasteiger partial charge >= 0.3 is 0 Å². The lowest BCUT2D eigenvalue weighted by molar-refractivity contribution is -0.124. The van der Waals surface area contributed by atoms with Crippen molar-refractivity contribution in [3.63, 3.8) is 0 Å². The van der Waals surface area contributed by atoms with E-state index in [9.17, 15) is 20.1 Å². The van der Waals surface area contributed by atoms with Crippen LogP contribution >= 0.6 is 0 Å². The van der Waals surface area contributed by atoms with Crippen LogP contribution in [0.15, 0.2) is 60.8 Å². The van der Waals surface area contributed by atoms with Crippen molar-refractivity contribution >= 4 is 5.91 Å². The maximum absolute atomic E-state index is 12.6. The molecule has 0 saturated heterocycles. The van der Waals surface area contributed by atoms with E-state index >= 15 is 0 Å². The normalized spacial score (nSPS) is 13.5. The summed E-state index contributed by atoms with van der Waals surface area (Å²) >= 11 is 0. The third-order valence-corrected chi connectivity index (χ3v) is 15.0. The van der Waals surface area contributed by atoms with Crippen LogP contribution in [0.3, 0.4) is 0 Å². The highest BCUT2D eigenvalue weighted by molar-refractivity contribution is 5.76. The molecule has 4 N–H and O–H groups in total. The van der Waals surface area contributed by atoms with E-state index in [1.807, 2.05) is 6.08 Å². The van der Waals surface area contributed by atoms with E-state index in [4.69, 9.17) is 0 Å². The van der Waals surface area contributed by atoms with Crippen LogP contribution in [-0.4, -0.2) is 46.1 Å². The van der Waals surface area contributed by atoms with E-state index in [2.05, 4.69) is 67.8 Å². The summed E-state index contributed by atoms with van der Waals surface area (Å²) in [6.45, 7) is 4.23. The number of aliphatic hydroxyl groups excluding tert-OH is 3. The number of allylic oxidation sites excluding steroid dienone is 9. The summed E-state index contributed by atoms with van der Waals surface area (Å²) < 4.78 is 0. The van der Waals surface area contributed by atoms with E-state index in [0.717, 1.165) is 44.9 Å². The van der Waals surface area contributed by atoms with Crippen LogP contribution in [0.2, 0.25) is 0 Å². The molecule has 0 aromatic heterocycles. The van der Waals surface area contributed by atoms with Crippen molar-refractivity contribution in [2.24, 2.45) is 0 Å². The molecule has 0 aliphatic carbocycles. The molecule has 3 atom stereocenters. The molecule has 73 heavy (non-hydrogen) atoms. The number of rotatable bonds is 60. The Kier molecular flexibility index (Phi) is 60.9. The minimum Gasteiger partial charge on any atom is -0.394 e. The van der Waals surface area contributed by atoms with Crippen molar-refractivity contribution < 1.29 is 20.1 Å². The van der Waals surface area contributed by atoms with Gasteiger partial charge in [0.25, 0.3) is 0 Å². The molecule has 1 amide bonds. The Morgan fingerprint density at radius 3 is 0.959 bits per heavy atom. The number of carbonyl (C=O) groups is 1. The molecular weight excluding hydrogens is 895 g/mol. The molecule has 0 aromatic rings. The van der Waals surface area contributed by atoms with Crippen LogP contribution in [-0.2, 0) is 4.79 Å². The highest BCUT2D eigenvalue weighted by Crippen LogP contribution is 2.18. The lowest BCUT2D eigenvalue weighted by atomic mass is 10.0. The van der Waals surface area contributed by atoms with Gasteiger partial charge in [-0.3, -0.25) is 4.79 Å². The average Bonchev–Trinajstić information content (AvgIpc) is 3.39. The van der Waals surface area contributed by atoms with Crippen LogP contribution in [0.25, 0.3) is 0 Å². The Morgan fingerprint density at radius 2 is 0.630 bits per heavy atom. The molecule has 0 aliphatic rings. The van der Waals surface area contributed by atoms with Gasteiger partial charge in [0, 0.05) is 0 Å². The lowest BCUT2D eigenvalue weighted by Gasteiger charge is -2.21. The van der Waals surface area contributed by atoms with E-state index in [1.54, 1.807) is 6.08 Å². The molecule has 0 spiro atoms. The Hall–Kier alpha value is -1.95. The van der Waals surface area contributed by atoms with Crippen molar-refractivity contribution in [2.75, 3.05) is 6.61 Å². The molecular formula is C68H127NO4. The third kappa shape index (κ3) is 59.2. The summed E-state index contributed by atoms with van der Waals surface area (Å²) in [7, 11) is 0. The van der Waals surface area contributed by atoms with Crippen molar-refractivity contribution in [2.45, 2.75) is 360 Å². The molecule has 0 aromatic carbocycles. The van der Waals surface area contributed by atoms with Gasteiger partial charge in [-0.15, -0.1) is 0 Å². The largest absolute Gasteiger partial charge is 0.394 e. The van der Waals surface area contributed by atoms with Crippen LogP contribution in [0.1, 0.15) is 341 Å². The highest BCUT2D eigenvalue weighted by Gasteiger charge is 2.20. The molecule has 3 unspecified atom stereocenters. The van der Waals surface area contributed by atoms with Crippen molar-refractivity contribution in [3.05, 3.63) is 60.8 Å². The van der Waals surface area contributed by atoms with E-state index in [0.29, 0.717) is 6.42 Å². The Bertz CT molecular complexity index is 1220. The van der Waals surface area contributed by atoms with Gasteiger partial charge in [-0.1, -0.05) is 319 Å². The molecule has 428 valence electrons. The van der Waals surface area contributed by atoms with Gasteiger partial charge in [0.1, 0.15) is 0 Å². The predicted molar refractivity (Wildman–Crippen MR) is 324 cm³/mol. The second-order valence-corrected chi connectivity index (χ2v) is 22.4. The highest BCUT2D eigenvalue weighted by atomic mass is 16.3. The number of hydrogen-bond acceptors (Lipinski definition) is 4. The van der Waals surface area contributed by atoms with Crippen LogP contribution in [0.4, 0.5) is 0 Å². The monoisotopic (exact) mass is 1020 g/mol. The average molecular weight is 1020 g/mol. The summed E-state index contributed by atoms with van der Waals surface area (Å²) in [5.74, 6) is -0.326. The van der Waals surface area contributed by atoms with Crippen LogP contribution in [0.5, 0.6) is 0 Å². The van der Waals surface area contributed by atoms with E-state index in [-0.39, 0.29) is 18.9 Å². The minimum atomic E-state index is -0.963. The zero-order chi connectivity index (χ0) is 52.9. The summed E-state index contributed by atoms with van der Waals surface area (Å²) in [5, 5.41) is 33.5. The topological polar surface area (TPSA) is 89.8 Å². The quantitative estimate of drug-likeness (QED) is 0.0361. The van der Waals surface area contributed by atoms with Gasteiger partial charge in [0.05, 0.1) is 31.3 Å². The van der Waals surface area contributed by atoms with Gasteiger partial charge in [-0.25, -0.2) is 0 Å². The third-order valence-electron chi connectivity index (χ3n) is 15.0. The molecule has 0 radical (unpaired) electrons. The standard InChI is InChI=1S/C68H127NO4/c1-3-5-7-9-11-13-15-17-19-21-23-25-27-29-30-31-32-33-34-35-36-38-39-41-43-45-47-49-51-53-55-57-59-61-65(71)63-68(73)69-66(64-70)67(72)62-60-58-56-54-52-50-48-46-44-42-40-37-28-26-24-22-20-18-16-14-12-10-8-6-4-2/h27,29,31-32,44,46,52,54,60,62,65-67,70-72H,3-26,28,30,33-43,45,47-51,53,55-59,61,63-64H2,1-2H3,(H,69,73)/b29-27-,32-31-,46-44+,54-52+,62-60+. The van der Waals surface area contributed by atoms with E-state index < -0.39 is 18.2 Å². The second kappa shape index (κ2) is 62.6. The number of unbranched alkanes of at least 4 members (excludes halogenated alkanes) is 43. The first kappa shape index (κ1) is 71.0. The van der Waals surface area contributed by atoms with E-state index in [1.165, 1.54) is 270 Å². The first-order valence-corrected chi connectivity index (χ1v) is 32.6. The maximum Gasteiger partial charge on any atom is 0.222 e. The summed E-state index contributed by atoms with van der Waals surface area (Å²) in [6, 6.07) is -0.771. The molecule has 0 fully saturated rings. The number of amides is 1. The Labute approximate surface area is 456 Å². The van der Waals surface area contributed by atoms with Gasteiger partial charge in [0.2, 0.25) is 5.91 Å². The van der Waals surface area contributed by atoms with Gasteiger partial charge in [-0.2, -0.15) is 0 Å². The number of carbonyl (C=O) groups excluding carboxylic acids is 1. The summed E-state index contributed by atoms with van der Waals surface area (Å²) in [5.41, 5.74) is 0. The van der Waals surface area contributed by atoms with Crippen molar-refractivity contribution in [1.82, 2.24) is 5.32 Å². The summed E-state index contributed by atoms with van der Waals surface area (Å²) in [6.07, 6.45) is 85.9. The lowest BCUT2D eigenvalue weighted by Crippen LogP contribution is -2.45. The molecule has 0 bridgehead atoms. The number of aliphatic hydroxyl groups is 3. The second-order valence-electron chi connectivity index (χ2n) is 22.4. The SMILES string of the molecule is CCCCCCCCCCCCC/C=C\C/C=C\CCCCCCCCCCCCCCCCCC(O)CC(=O)NC(CO)C(O)/C=C/CC/C=C/CC/C=C/CCCCCCCCCCCCCCCCC. The minimum absolute atomic E-state index is 0.00181. The molecule has 0 rings (SSSR count). The van der Waals surface area contributed by atoms with Gasteiger partial charge < -0.3 is 20.6 Å². The fourth-order valence-electron chi connectivity index (χ4n) is 10.1. The fraction of sp³-hybridized carbons (Fsp3) is 0.838. The smallest absolute Gasteiger partial charge is 0.222 e. The number of nitrogens with one attached hydrogen (secondary N) is 1. The van der Waals surface area contributed by atoms with Crippen LogP contribution in [0, 0.1) is 0 Å². The zero-order valence-electron chi connectivity index (χ0n) is 49.0. The first-order valence-electron chi connectivity index (χ1n) is 32.6. The first-order chi connectivity index (χ1) is 36.0. The van der Waals surface area contributed by atoms with Crippen LogP contribution < -0.4 is 5.32 Å². The molecule has 0 saturated carbocycles. The van der Waals surface area contributed by atoms with Crippen molar-refractivity contribution in [3.8, 4) is 0 Å². The number of hydrogen-bond donors (Lipinski definition) is 4. The van der Waals surface area contributed by atoms with Gasteiger partial charge in [-0.05, 0) is 77.0 Å². The Balaban J connectivity index is 3.58. The predicted octanol–water partition coefficient (Wildman–Crippen LogP) is 20.9. The zero-order valence-corrected chi connectivity index (χ0v) is 49.0. The fourth-order valence-corrected chi connectivity index (χ4v) is 10.1. The molecule has 0 heterocycles. The van der Waals surface area contributed by atoms with Crippen molar-refractivity contribution in [1.29, 1.82) is 0 Å². The molecule has 0 aliphatic heterocycles. The maximum atomic E-state index is 12.6.